The second kappa shape index (κ2) is 7.80. The van der Waals surface area contributed by atoms with Gasteiger partial charge in [0, 0.05) is 24.6 Å². The highest BCUT2D eigenvalue weighted by molar-refractivity contribution is 5.94. The molecule has 0 atom stereocenters. The predicted molar refractivity (Wildman–Crippen MR) is 101 cm³/mol. The molecule has 1 aliphatic rings. The number of methoxy groups -OCH3 is 1. The minimum atomic E-state index is -0.406. The van der Waals surface area contributed by atoms with Crippen LogP contribution in [0.2, 0.25) is 0 Å². The predicted octanol–water partition coefficient (Wildman–Crippen LogP) is 3.90. The van der Waals surface area contributed by atoms with E-state index in [4.69, 9.17) is 9.26 Å². The van der Waals surface area contributed by atoms with Crippen LogP contribution >= 0.6 is 0 Å². The van der Waals surface area contributed by atoms with Gasteiger partial charge in [-0.15, -0.1) is 0 Å². The van der Waals surface area contributed by atoms with E-state index < -0.39 is 5.82 Å². The molecule has 1 fully saturated rings. The second-order valence-corrected chi connectivity index (χ2v) is 6.73. The van der Waals surface area contributed by atoms with E-state index in [2.05, 4.69) is 10.1 Å². The molecule has 0 bridgehead atoms. The van der Waals surface area contributed by atoms with Crippen molar-refractivity contribution in [1.82, 2.24) is 15.0 Å². The van der Waals surface area contributed by atoms with Crippen molar-refractivity contribution in [1.29, 1.82) is 0 Å². The van der Waals surface area contributed by atoms with Gasteiger partial charge in [0.25, 0.3) is 11.8 Å². The Morgan fingerprint density at radius 1 is 1.18 bits per heavy atom. The fraction of sp³-hybridized carbons (Fsp3) is 0.286. The molecule has 0 radical (unpaired) electrons. The Hall–Kier alpha value is -3.22. The molecule has 6 nitrogen and oxygen atoms in total. The van der Waals surface area contributed by atoms with Crippen molar-refractivity contribution in [3.05, 3.63) is 65.7 Å². The first kappa shape index (κ1) is 18.2. The van der Waals surface area contributed by atoms with Crippen molar-refractivity contribution in [3.8, 4) is 17.2 Å². The van der Waals surface area contributed by atoms with Gasteiger partial charge in [-0.3, -0.25) is 4.79 Å². The van der Waals surface area contributed by atoms with Gasteiger partial charge >= 0.3 is 0 Å². The first-order valence-corrected chi connectivity index (χ1v) is 9.17. The van der Waals surface area contributed by atoms with Gasteiger partial charge in [0.1, 0.15) is 11.6 Å². The Balaban J connectivity index is 1.43. The summed E-state index contributed by atoms with van der Waals surface area (Å²) in [5.41, 5.74) is 1.12. The number of carbonyl (C=O) groups is 1. The van der Waals surface area contributed by atoms with E-state index in [0.29, 0.717) is 36.1 Å². The van der Waals surface area contributed by atoms with Crippen LogP contribution in [0.15, 0.2) is 53.1 Å². The third kappa shape index (κ3) is 3.60. The highest BCUT2D eigenvalue weighted by Gasteiger charge is 2.28. The molecular formula is C21H20FN3O3. The third-order valence-electron chi connectivity index (χ3n) is 5.00. The van der Waals surface area contributed by atoms with Crippen LogP contribution in [0, 0.1) is 5.82 Å². The summed E-state index contributed by atoms with van der Waals surface area (Å²) in [5, 5.41) is 4.14. The van der Waals surface area contributed by atoms with Crippen LogP contribution in [0.1, 0.15) is 34.9 Å². The number of nitrogens with zero attached hydrogens (tertiary/aromatic N) is 3. The lowest BCUT2D eigenvalue weighted by atomic mass is 9.95. The summed E-state index contributed by atoms with van der Waals surface area (Å²) in [4.78, 5) is 18.8. The van der Waals surface area contributed by atoms with Crippen molar-refractivity contribution in [3.63, 3.8) is 0 Å². The highest BCUT2D eigenvalue weighted by Crippen LogP contribution is 2.32. The van der Waals surface area contributed by atoms with Crippen LogP contribution in [0.25, 0.3) is 11.5 Å². The maximum atomic E-state index is 13.4. The lowest BCUT2D eigenvalue weighted by Gasteiger charge is -2.30. The number of hydrogen-bond acceptors (Lipinski definition) is 5. The topological polar surface area (TPSA) is 68.5 Å². The summed E-state index contributed by atoms with van der Waals surface area (Å²) >= 11 is 0. The summed E-state index contributed by atoms with van der Waals surface area (Å²) in [6, 6.07) is 13.3. The quantitative estimate of drug-likeness (QED) is 0.686. The van der Waals surface area contributed by atoms with Crippen molar-refractivity contribution >= 4 is 5.91 Å². The Morgan fingerprint density at radius 2 is 1.96 bits per heavy atom. The summed E-state index contributed by atoms with van der Waals surface area (Å²) in [5.74, 6) is 1.29. The molecule has 0 unspecified atom stereocenters. The standard InChI is InChI=1S/C21H20FN3O3/c1-27-18-8-3-2-7-17(18)20-23-19(24-28-20)14-9-11-25(12-10-14)21(26)15-5-4-6-16(22)13-15/h2-8,13-14H,9-12H2,1H3. The molecule has 1 amide bonds. The Morgan fingerprint density at radius 3 is 2.71 bits per heavy atom. The molecule has 7 heteroatoms. The molecule has 0 N–H and O–H groups in total. The largest absolute Gasteiger partial charge is 0.496 e. The molecule has 0 spiro atoms. The smallest absolute Gasteiger partial charge is 0.261 e. The average Bonchev–Trinajstić information content (AvgIpc) is 3.23. The van der Waals surface area contributed by atoms with E-state index in [-0.39, 0.29) is 11.8 Å². The fourth-order valence-corrected chi connectivity index (χ4v) is 3.48. The first-order valence-electron chi connectivity index (χ1n) is 9.17. The van der Waals surface area contributed by atoms with Crippen LogP contribution in [-0.4, -0.2) is 41.1 Å². The van der Waals surface area contributed by atoms with Crippen molar-refractivity contribution in [2.24, 2.45) is 0 Å². The van der Waals surface area contributed by atoms with Gasteiger partial charge in [0.2, 0.25) is 0 Å². The van der Waals surface area contributed by atoms with Crippen LogP contribution in [0.5, 0.6) is 5.75 Å². The maximum Gasteiger partial charge on any atom is 0.261 e. The molecule has 1 aliphatic heterocycles. The highest BCUT2D eigenvalue weighted by atomic mass is 19.1. The van der Waals surface area contributed by atoms with Gasteiger partial charge in [-0.05, 0) is 43.2 Å². The van der Waals surface area contributed by atoms with Gasteiger partial charge < -0.3 is 14.2 Å². The lowest BCUT2D eigenvalue weighted by Crippen LogP contribution is -2.38. The number of para-hydroxylation sites is 1. The van der Waals surface area contributed by atoms with Gasteiger partial charge in [0.15, 0.2) is 5.82 Å². The number of amides is 1. The SMILES string of the molecule is COc1ccccc1-c1nc(C2CCN(C(=O)c3cccc(F)c3)CC2)no1. The number of likely N-dealkylation sites (tertiary alicyclic amines) is 1. The number of carbonyl (C=O) groups excluding carboxylic acids is 1. The van der Waals surface area contributed by atoms with Crippen LogP contribution < -0.4 is 4.74 Å². The van der Waals surface area contributed by atoms with Gasteiger partial charge in [-0.25, -0.2) is 4.39 Å². The number of piperidine rings is 1. The molecule has 2 heterocycles. The molecular weight excluding hydrogens is 361 g/mol. The summed E-state index contributed by atoms with van der Waals surface area (Å²) < 4.78 is 24.2. The zero-order chi connectivity index (χ0) is 19.5. The third-order valence-corrected chi connectivity index (χ3v) is 5.00. The number of ether oxygens (including phenoxy) is 1. The van der Waals surface area contributed by atoms with Gasteiger partial charge in [-0.1, -0.05) is 23.4 Å². The molecule has 4 rings (SSSR count). The zero-order valence-corrected chi connectivity index (χ0v) is 15.5. The maximum absolute atomic E-state index is 13.4. The Kier molecular flexibility index (Phi) is 5.06. The lowest BCUT2D eigenvalue weighted by molar-refractivity contribution is 0.0710. The number of hydrogen-bond donors (Lipinski definition) is 0. The zero-order valence-electron chi connectivity index (χ0n) is 15.5. The van der Waals surface area contributed by atoms with Crippen molar-refractivity contribution < 1.29 is 18.4 Å². The fourth-order valence-electron chi connectivity index (χ4n) is 3.48. The molecule has 144 valence electrons. The minimum Gasteiger partial charge on any atom is -0.496 e. The second-order valence-electron chi connectivity index (χ2n) is 6.73. The molecule has 0 aliphatic carbocycles. The van der Waals surface area contributed by atoms with Gasteiger partial charge in [0.05, 0.1) is 12.7 Å². The summed E-state index contributed by atoms with van der Waals surface area (Å²) in [6.45, 7) is 1.14. The molecule has 1 saturated heterocycles. The van der Waals surface area contributed by atoms with Crippen LogP contribution in [0.4, 0.5) is 4.39 Å². The van der Waals surface area contributed by atoms with E-state index in [1.54, 1.807) is 24.1 Å². The molecule has 1 aromatic heterocycles. The van der Waals surface area contributed by atoms with Crippen LogP contribution in [0.3, 0.4) is 0 Å². The summed E-state index contributed by atoms with van der Waals surface area (Å²) in [7, 11) is 1.60. The van der Waals surface area contributed by atoms with E-state index in [0.717, 1.165) is 18.4 Å². The number of halogens is 1. The number of aromatic nitrogens is 2. The van der Waals surface area contributed by atoms with E-state index in [9.17, 15) is 9.18 Å². The first-order chi connectivity index (χ1) is 13.7. The number of benzene rings is 2. The minimum absolute atomic E-state index is 0.115. The van der Waals surface area contributed by atoms with E-state index >= 15 is 0 Å². The monoisotopic (exact) mass is 381 g/mol. The normalized spacial score (nSPS) is 14.9. The summed E-state index contributed by atoms with van der Waals surface area (Å²) in [6.07, 6.45) is 1.46. The molecule has 2 aromatic carbocycles. The number of rotatable bonds is 4. The molecule has 28 heavy (non-hydrogen) atoms. The Bertz CT molecular complexity index is 980. The van der Waals surface area contributed by atoms with E-state index in [1.807, 2.05) is 24.3 Å². The van der Waals surface area contributed by atoms with Crippen molar-refractivity contribution in [2.75, 3.05) is 20.2 Å². The van der Waals surface area contributed by atoms with Gasteiger partial charge in [-0.2, -0.15) is 4.98 Å². The molecule has 3 aromatic rings. The van der Waals surface area contributed by atoms with Crippen LogP contribution in [-0.2, 0) is 0 Å². The van der Waals surface area contributed by atoms with Crippen molar-refractivity contribution in [2.45, 2.75) is 18.8 Å². The van der Waals surface area contributed by atoms with E-state index in [1.165, 1.54) is 12.1 Å². The molecule has 0 saturated carbocycles. The Labute approximate surface area is 161 Å². The average molecular weight is 381 g/mol.